The topological polar surface area (TPSA) is 42.2 Å². The number of fused-ring (bicyclic) bond motifs is 1. The van der Waals surface area contributed by atoms with E-state index in [0.717, 1.165) is 24.6 Å². The van der Waals surface area contributed by atoms with E-state index in [0.29, 0.717) is 11.8 Å². The van der Waals surface area contributed by atoms with E-state index in [2.05, 4.69) is 42.2 Å². The summed E-state index contributed by atoms with van der Waals surface area (Å²) in [6.07, 6.45) is 0. The third kappa shape index (κ3) is 2.55. The van der Waals surface area contributed by atoms with Crippen molar-refractivity contribution in [3.63, 3.8) is 0 Å². The number of hydrogen-bond acceptors (Lipinski definition) is 4. The molecule has 0 aliphatic carbocycles. The van der Waals surface area contributed by atoms with E-state index in [1.165, 1.54) is 16.5 Å². The van der Waals surface area contributed by atoms with Gasteiger partial charge in [-0.05, 0) is 11.5 Å². The van der Waals surface area contributed by atoms with Crippen molar-refractivity contribution in [2.45, 2.75) is 18.7 Å². The Kier molecular flexibility index (Phi) is 3.62. The predicted molar refractivity (Wildman–Crippen MR) is 83.8 cm³/mol. The molecule has 0 amide bonds. The lowest BCUT2D eigenvalue weighted by molar-refractivity contribution is 0.769. The van der Waals surface area contributed by atoms with Crippen molar-refractivity contribution < 1.29 is 0 Å². The molecule has 0 saturated carbocycles. The van der Waals surface area contributed by atoms with Crippen LogP contribution in [0.1, 0.15) is 12.6 Å². The molecule has 1 atom stereocenters. The lowest BCUT2D eigenvalue weighted by atomic mass is 10.1. The van der Waals surface area contributed by atoms with Crippen molar-refractivity contribution in [3.8, 4) is 0 Å². The zero-order valence-corrected chi connectivity index (χ0v) is 12.0. The number of nitrogens with zero attached hydrogens (tertiary/aromatic N) is 2. The van der Waals surface area contributed by atoms with Crippen LogP contribution in [0.3, 0.4) is 0 Å². The van der Waals surface area contributed by atoms with Crippen molar-refractivity contribution in [2.75, 3.05) is 23.7 Å². The fraction of sp³-hybridized carbons (Fsp3) is 0.400. The summed E-state index contributed by atoms with van der Waals surface area (Å²) in [5, 5.41) is 3.13. The maximum atomic E-state index is 5.78. The second-order valence-electron chi connectivity index (χ2n) is 4.99. The van der Waals surface area contributed by atoms with E-state index < -0.39 is 0 Å². The summed E-state index contributed by atoms with van der Waals surface area (Å²) in [6.45, 7) is 4.91. The number of hydrogen-bond donors (Lipinski definition) is 1. The van der Waals surface area contributed by atoms with Gasteiger partial charge in [0.2, 0.25) is 0 Å². The molecule has 4 heteroatoms. The Balaban J connectivity index is 2.10. The Hall–Kier alpha value is -1.26. The highest BCUT2D eigenvalue weighted by atomic mass is 32.2. The predicted octanol–water partition coefficient (Wildman–Crippen LogP) is 2.64. The van der Waals surface area contributed by atoms with Gasteiger partial charge in [-0.25, -0.2) is 4.98 Å². The second kappa shape index (κ2) is 5.39. The van der Waals surface area contributed by atoms with Crippen molar-refractivity contribution in [1.29, 1.82) is 0 Å². The summed E-state index contributed by atoms with van der Waals surface area (Å²) in [6, 6.07) is 10.5. The molecule has 1 saturated heterocycles. The summed E-state index contributed by atoms with van der Waals surface area (Å²) in [4.78, 5) is 7.17. The van der Waals surface area contributed by atoms with Crippen LogP contribution in [-0.2, 0) is 6.54 Å². The van der Waals surface area contributed by atoms with Crippen molar-refractivity contribution in [1.82, 2.24) is 4.98 Å². The zero-order valence-electron chi connectivity index (χ0n) is 11.2. The molecule has 0 bridgehead atoms. The van der Waals surface area contributed by atoms with Crippen LogP contribution < -0.4 is 10.6 Å². The number of pyridine rings is 1. The minimum atomic E-state index is 0.496. The quantitative estimate of drug-likeness (QED) is 0.913. The van der Waals surface area contributed by atoms with Gasteiger partial charge in [-0.2, -0.15) is 11.8 Å². The third-order valence-electron chi connectivity index (χ3n) is 3.52. The SMILES string of the molecule is CC1CN(c2nc(CN)cc3ccccc23)CCS1. The molecule has 0 spiro atoms. The van der Waals surface area contributed by atoms with Gasteiger partial charge in [0.1, 0.15) is 5.82 Å². The maximum Gasteiger partial charge on any atom is 0.136 e. The first-order valence-electron chi connectivity index (χ1n) is 6.73. The second-order valence-corrected chi connectivity index (χ2v) is 6.54. The van der Waals surface area contributed by atoms with Gasteiger partial charge in [-0.1, -0.05) is 31.2 Å². The minimum absolute atomic E-state index is 0.496. The summed E-state index contributed by atoms with van der Waals surface area (Å²) in [5.74, 6) is 2.27. The van der Waals surface area contributed by atoms with Gasteiger partial charge >= 0.3 is 0 Å². The van der Waals surface area contributed by atoms with Crippen molar-refractivity contribution in [2.24, 2.45) is 5.73 Å². The highest BCUT2D eigenvalue weighted by molar-refractivity contribution is 8.00. The fourth-order valence-electron chi connectivity index (χ4n) is 2.59. The molecule has 2 aromatic rings. The van der Waals surface area contributed by atoms with E-state index >= 15 is 0 Å². The van der Waals surface area contributed by atoms with Crippen LogP contribution >= 0.6 is 11.8 Å². The Morgan fingerprint density at radius 1 is 1.42 bits per heavy atom. The molecule has 100 valence electrons. The maximum absolute atomic E-state index is 5.78. The monoisotopic (exact) mass is 273 g/mol. The van der Waals surface area contributed by atoms with Gasteiger partial charge in [0.05, 0.1) is 5.69 Å². The smallest absolute Gasteiger partial charge is 0.136 e. The van der Waals surface area contributed by atoms with Gasteiger partial charge in [0.25, 0.3) is 0 Å². The van der Waals surface area contributed by atoms with Crippen LogP contribution in [0.25, 0.3) is 10.8 Å². The summed E-state index contributed by atoms with van der Waals surface area (Å²) >= 11 is 2.04. The van der Waals surface area contributed by atoms with Crippen LogP contribution in [0.2, 0.25) is 0 Å². The van der Waals surface area contributed by atoms with E-state index in [4.69, 9.17) is 10.7 Å². The molecule has 3 rings (SSSR count). The Bertz CT molecular complexity index is 585. The molecular weight excluding hydrogens is 254 g/mol. The molecule has 1 aliphatic rings. The van der Waals surface area contributed by atoms with Gasteiger partial charge < -0.3 is 10.6 Å². The average Bonchev–Trinajstić information content (AvgIpc) is 2.46. The number of nitrogens with two attached hydrogens (primary N) is 1. The molecule has 2 N–H and O–H groups in total. The Morgan fingerprint density at radius 3 is 3.05 bits per heavy atom. The first-order chi connectivity index (χ1) is 9.28. The van der Waals surface area contributed by atoms with E-state index in [-0.39, 0.29) is 0 Å². The lowest BCUT2D eigenvalue weighted by Gasteiger charge is -2.32. The van der Waals surface area contributed by atoms with Crippen LogP contribution in [0.4, 0.5) is 5.82 Å². The number of anilines is 1. The molecule has 0 radical (unpaired) electrons. The standard InChI is InChI=1S/C15H19N3S/c1-11-10-18(6-7-19-11)15-14-5-3-2-4-12(14)8-13(9-16)17-15/h2-5,8,11H,6-7,9-10,16H2,1H3. The van der Waals surface area contributed by atoms with Gasteiger partial charge in [0, 0.05) is 36.0 Å². The number of rotatable bonds is 2. The minimum Gasteiger partial charge on any atom is -0.354 e. The van der Waals surface area contributed by atoms with Crippen molar-refractivity contribution >= 4 is 28.4 Å². The van der Waals surface area contributed by atoms with Gasteiger partial charge in [-0.3, -0.25) is 0 Å². The number of aromatic nitrogens is 1. The molecule has 2 heterocycles. The van der Waals surface area contributed by atoms with Gasteiger partial charge in [-0.15, -0.1) is 0 Å². The molecule has 1 aliphatic heterocycles. The molecule has 1 aromatic carbocycles. The van der Waals surface area contributed by atoms with Gasteiger partial charge in [0.15, 0.2) is 0 Å². The fourth-order valence-corrected chi connectivity index (χ4v) is 3.60. The van der Waals surface area contributed by atoms with Crippen LogP contribution in [0.5, 0.6) is 0 Å². The van der Waals surface area contributed by atoms with Crippen LogP contribution in [-0.4, -0.2) is 29.1 Å². The van der Waals surface area contributed by atoms with E-state index in [1.807, 2.05) is 11.8 Å². The highest BCUT2D eigenvalue weighted by Crippen LogP contribution is 2.29. The molecule has 19 heavy (non-hydrogen) atoms. The molecule has 1 unspecified atom stereocenters. The average molecular weight is 273 g/mol. The third-order valence-corrected chi connectivity index (χ3v) is 4.66. The van der Waals surface area contributed by atoms with Crippen molar-refractivity contribution in [3.05, 3.63) is 36.0 Å². The Labute approximate surface area is 118 Å². The molecule has 3 nitrogen and oxygen atoms in total. The molecular formula is C15H19N3S. The van der Waals surface area contributed by atoms with E-state index in [9.17, 15) is 0 Å². The molecule has 1 aromatic heterocycles. The number of benzene rings is 1. The largest absolute Gasteiger partial charge is 0.354 e. The zero-order chi connectivity index (χ0) is 13.2. The highest BCUT2D eigenvalue weighted by Gasteiger charge is 2.20. The lowest BCUT2D eigenvalue weighted by Crippen LogP contribution is -2.37. The Morgan fingerprint density at radius 2 is 2.26 bits per heavy atom. The first kappa shape index (κ1) is 12.8. The van der Waals surface area contributed by atoms with Crippen LogP contribution in [0.15, 0.2) is 30.3 Å². The van der Waals surface area contributed by atoms with E-state index in [1.54, 1.807) is 0 Å². The van der Waals surface area contributed by atoms with Crippen LogP contribution in [0, 0.1) is 0 Å². The number of thioether (sulfide) groups is 1. The first-order valence-corrected chi connectivity index (χ1v) is 7.78. The summed E-state index contributed by atoms with van der Waals surface area (Å²) < 4.78 is 0. The summed E-state index contributed by atoms with van der Waals surface area (Å²) in [5.41, 5.74) is 6.75. The summed E-state index contributed by atoms with van der Waals surface area (Å²) in [7, 11) is 0. The molecule has 1 fully saturated rings. The normalized spacial score (nSPS) is 19.9.